The molecule has 0 aliphatic heterocycles. The standard InChI is InChI=1S/C21H22ClNO4/c1-26-18-13-16(9-10-17(18)19(24)27-2)23-20(25)21(11-3-4-12-21)14-5-7-15(22)8-6-14/h5-10,13H,3-4,11-12H2,1-2H3,(H,23,25). The second-order valence-electron chi connectivity index (χ2n) is 6.66. The maximum Gasteiger partial charge on any atom is 0.341 e. The fraction of sp³-hybridized carbons (Fsp3) is 0.333. The predicted molar refractivity (Wildman–Crippen MR) is 105 cm³/mol. The Bertz CT molecular complexity index is 842. The Hall–Kier alpha value is -2.53. The average molecular weight is 388 g/mol. The quantitative estimate of drug-likeness (QED) is 0.762. The van der Waals surface area contributed by atoms with Crippen molar-refractivity contribution in [2.45, 2.75) is 31.1 Å². The van der Waals surface area contributed by atoms with Crippen LogP contribution in [0, 0.1) is 0 Å². The fourth-order valence-corrected chi connectivity index (χ4v) is 3.82. The number of halogens is 1. The Morgan fingerprint density at radius 1 is 1.04 bits per heavy atom. The molecule has 0 radical (unpaired) electrons. The minimum absolute atomic E-state index is 0.0600. The number of carbonyl (C=O) groups excluding carboxylic acids is 2. The van der Waals surface area contributed by atoms with Gasteiger partial charge in [-0.3, -0.25) is 4.79 Å². The lowest BCUT2D eigenvalue weighted by Gasteiger charge is -2.28. The zero-order valence-corrected chi connectivity index (χ0v) is 16.1. The van der Waals surface area contributed by atoms with Gasteiger partial charge >= 0.3 is 5.97 Å². The number of carbonyl (C=O) groups is 2. The summed E-state index contributed by atoms with van der Waals surface area (Å²) < 4.78 is 10.0. The summed E-state index contributed by atoms with van der Waals surface area (Å²) in [5, 5.41) is 3.64. The highest BCUT2D eigenvalue weighted by Crippen LogP contribution is 2.42. The fourth-order valence-electron chi connectivity index (χ4n) is 3.69. The molecule has 1 N–H and O–H groups in total. The molecule has 1 fully saturated rings. The van der Waals surface area contributed by atoms with E-state index in [-0.39, 0.29) is 5.91 Å². The summed E-state index contributed by atoms with van der Waals surface area (Å²) in [7, 11) is 2.78. The van der Waals surface area contributed by atoms with Gasteiger partial charge in [0.2, 0.25) is 5.91 Å². The summed E-state index contributed by atoms with van der Waals surface area (Å²) in [5.74, 6) is -0.194. The molecule has 3 rings (SSSR count). The highest BCUT2D eigenvalue weighted by molar-refractivity contribution is 6.30. The molecule has 1 aliphatic carbocycles. The number of benzene rings is 2. The molecule has 0 atom stereocenters. The number of methoxy groups -OCH3 is 2. The Morgan fingerprint density at radius 3 is 2.30 bits per heavy atom. The number of rotatable bonds is 5. The number of esters is 1. The molecule has 142 valence electrons. The van der Waals surface area contributed by atoms with Crippen molar-refractivity contribution in [3.05, 3.63) is 58.6 Å². The van der Waals surface area contributed by atoms with Crippen LogP contribution in [0.4, 0.5) is 5.69 Å². The predicted octanol–water partition coefficient (Wildman–Crippen LogP) is 4.59. The minimum atomic E-state index is -0.571. The normalized spacial score (nSPS) is 15.2. The minimum Gasteiger partial charge on any atom is -0.496 e. The van der Waals surface area contributed by atoms with Crippen LogP contribution in [0.5, 0.6) is 5.75 Å². The van der Waals surface area contributed by atoms with Crippen LogP contribution in [-0.2, 0) is 14.9 Å². The first-order valence-electron chi connectivity index (χ1n) is 8.84. The largest absolute Gasteiger partial charge is 0.496 e. The van der Waals surface area contributed by atoms with Gasteiger partial charge in [-0.2, -0.15) is 0 Å². The van der Waals surface area contributed by atoms with Crippen molar-refractivity contribution in [3.63, 3.8) is 0 Å². The second-order valence-corrected chi connectivity index (χ2v) is 7.09. The van der Waals surface area contributed by atoms with E-state index in [1.54, 1.807) is 18.2 Å². The van der Waals surface area contributed by atoms with Crippen LogP contribution in [0.2, 0.25) is 5.02 Å². The Balaban J connectivity index is 1.88. The van der Waals surface area contributed by atoms with E-state index in [0.717, 1.165) is 31.2 Å². The lowest BCUT2D eigenvalue weighted by atomic mass is 9.78. The van der Waals surface area contributed by atoms with Crippen molar-refractivity contribution in [1.29, 1.82) is 0 Å². The maximum atomic E-state index is 13.2. The van der Waals surface area contributed by atoms with E-state index < -0.39 is 11.4 Å². The lowest BCUT2D eigenvalue weighted by molar-refractivity contribution is -0.121. The van der Waals surface area contributed by atoms with E-state index in [9.17, 15) is 9.59 Å². The second kappa shape index (κ2) is 8.01. The van der Waals surface area contributed by atoms with Crippen LogP contribution in [0.1, 0.15) is 41.6 Å². The highest BCUT2D eigenvalue weighted by atomic mass is 35.5. The summed E-state index contributed by atoms with van der Waals surface area (Å²) >= 11 is 6.01. The van der Waals surface area contributed by atoms with E-state index in [1.165, 1.54) is 14.2 Å². The van der Waals surface area contributed by atoms with Gasteiger partial charge in [0.05, 0.1) is 19.6 Å². The third-order valence-electron chi connectivity index (χ3n) is 5.15. The molecule has 0 aromatic heterocycles. The van der Waals surface area contributed by atoms with Crippen molar-refractivity contribution in [1.82, 2.24) is 0 Å². The Labute approximate surface area is 163 Å². The summed E-state index contributed by atoms with van der Waals surface area (Å²) in [6.45, 7) is 0. The van der Waals surface area contributed by atoms with E-state index >= 15 is 0 Å². The van der Waals surface area contributed by atoms with Gasteiger partial charge in [-0.25, -0.2) is 4.79 Å². The molecular formula is C21H22ClNO4. The zero-order chi connectivity index (χ0) is 19.4. The van der Waals surface area contributed by atoms with E-state index in [4.69, 9.17) is 21.1 Å². The van der Waals surface area contributed by atoms with Gasteiger partial charge in [-0.1, -0.05) is 36.6 Å². The van der Waals surface area contributed by atoms with Crippen LogP contribution >= 0.6 is 11.6 Å². The summed E-state index contributed by atoms with van der Waals surface area (Å²) in [4.78, 5) is 25.0. The van der Waals surface area contributed by atoms with Crippen LogP contribution in [0.15, 0.2) is 42.5 Å². The number of hydrogen-bond acceptors (Lipinski definition) is 4. The molecule has 0 unspecified atom stereocenters. The number of anilines is 1. The monoisotopic (exact) mass is 387 g/mol. The first-order chi connectivity index (χ1) is 13.0. The smallest absolute Gasteiger partial charge is 0.341 e. The van der Waals surface area contributed by atoms with Gasteiger partial charge in [0.25, 0.3) is 0 Å². The first-order valence-corrected chi connectivity index (χ1v) is 9.22. The zero-order valence-electron chi connectivity index (χ0n) is 15.4. The number of amides is 1. The first kappa shape index (κ1) is 19.2. The third kappa shape index (κ3) is 3.78. The molecule has 6 heteroatoms. The molecule has 0 saturated heterocycles. The van der Waals surface area contributed by atoms with Crippen molar-refractivity contribution in [2.75, 3.05) is 19.5 Å². The van der Waals surface area contributed by atoms with Crippen LogP contribution in [-0.4, -0.2) is 26.1 Å². The van der Waals surface area contributed by atoms with E-state index in [2.05, 4.69) is 5.32 Å². The van der Waals surface area contributed by atoms with Gasteiger partial charge < -0.3 is 14.8 Å². The number of hydrogen-bond donors (Lipinski definition) is 1. The van der Waals surface area contributed by atoms with Crippen molar-refractivity contribution in [3.8, 4) is 5.75 Å². The Kier molecular flexibility index (Phi) is 5.71. The molecule has 0 spiro atoms. The lowest BCUT2D eigenvalue weighted by Crippen LogP contribution is -2.38. The summed E-state index contributed by atoms with van der Waals surface area (Å²) in [6, 6.07) is 12.4. The third-order valence-corrected chi connectivity index (χ3v) is 5.41. The molecule has 1 amide bonds. The van der Waals surface area contributed by atoms with Gasteiger partial charge in [-0.15, -0.1) is 0 Å². The molecular weight excluding hydrogens is 366 g/mol. The van der Waals surface area contributed by atoms with E-state index in [0.29, 0.717) is 22.0 Å². The highest BCUT2D eigenvalue weighted by Gasteiger charge is 2.42. The van der Waals surface area contributed by atoms with Crippen molar-refractivity contribution >= 4 is 29.2 Å². The van der Waals surface area contributed by atoms with Crippen molar-refractivity contribution < 1.29 is 19.1 Å². The molecule has 0 heterocycles. The number of nitrogens with one attached hydrogen (secondary N) is 1. The Morgan fingerprint density at radius 2 is 1.70 bits per heavy atom. The topological polar surface area (TPSA) is 64.6 Å². The van der Waals surface area contributed by atoms with Crippen molar-refractivity contribution in [2.24, 2.45) is 0 Å². The van der Waals surface area contributed by atoms with Crippen LogP contribution < -0.4 is 10.1 Å². The molecule has 27 heavy (non-hydrogen) atoms. The molecule has 0 bridgehead atoms. The van der Waals surface area contributed by atoms with E-state index in [1.807, 2.05) is 24.3 Å². The van der Waals surface area contributed by atoms with Gasteiger partial charge in [-0.05, 0) is 42.7 Å². The molecule has 2 aromatic rings. The van der Waals surface area contributed by atoms with Crippen LogP contribution in [0.3, 0.4) is 0 Å². The van der Waals surface area contributed by atoms with Gasteiger partial charge in [0.15, 0.2) is 0 Å². The van der Waals surface area contributed by atoms with Crippen LogP contribution in [0.25, 0.3) is 0 Å². The van der Waals surface area contributed by atoms with Gasteiger partial charge in [0, 0.05) is 16.8 Å². The molecule has 1 aliphatic rings. The average Bonchev–Trinajstić information content (AvgIpc) is 3.19. The summed E-state index contributed by atoms with van der Waals surface area (Å²) in [5.41, 5.74) is 1.29. The molecule has 2 aromatic carbocycles. The molecule has 1 saturated carbocycles. The summed E-state index contributed by atoms with van der Waals surface area (Å²) in [6.07, 6.45) is 3.58. The maximum absolute atomic E-state index is 13.2. The van der Waals surface area contributed by atoms with Gasteiger partial charge in [0.1, 0.15) is 11.3 Å². The molecule has 5 nitrogen and oxygen atoms in total. The SMILES string of the molecule is COC(=O)c1ccc(NC(=O)C2(c3ccc(Cl)cc3)CCCC2)cc1OC. The number of ether oxygens (including phenoxy) is 2.